The molecule has 0 saturated heterocycles. The predicted molar refractivity (Wildman–Crippen MR) is 78.5 cm³/mol. The highest BCUT2D eigenvalue weighted by molar-refractivity contribution is 6.31. The van der Waals surface area contributed by atoms with Crippen LogP contribution in [0.3, 0.4) is 0 Å². The third kappa shape index (κ3) is 2.33. The molecule has 3 rings (SSSR count). The first-order valence-corrected chi connectivity index (χ1v) is 6.19. The molecular formula is C17H13NO. The Hall–Kier alpha value is -2.61. The first kappa shape index (κ1) is 11.5. The molecule has 1 aliphatic heterocycles. The van der Waals surface area contributed by atoms with Crippen molar-refractivity contribution in [3.05, 3.63) is 77.9 Å². The number of carbonyl (C=O) groups is 1. The summed E-state index contributed by atoms with van der Waals surface area (Å²) in [6.45, 7) is 0. The van der Waals surface area contributed by atoms with Crippen molar-refractivity contribution in [2.24, 2.45) is 0 Å². The predicted octanol–water partition coefficient (Wildman–Crippen LogP) is 3.74. The Labute approximate surface area is 112 Å². The third-order valence-corrected chi connectivity index (χ3v) is 3.06. The number of amides is 1. The van der Waals surface area contributed by atoms with Gasteiger partial charge < -0.3 is 5.32 Å². The molecule has 1 amide bonds. The molecular weight excluding hydrogens is 234 g/mol. The Bertz CT molecular complexity index is 669. The maximum absolute atomic E-state index is 11.9. The molecule has 0 fully saturated rings. The van der Waals surface area contributed by atoms with Gasteiger partial charge in [-0.05, 0) is 17.7 Å². The minimum absolute atomic E-state index is 0.0427. The minimum atomic E-state index is -0.0427. The highest BCUT2D eigenvalue weighted by Gasteiger charge is 2.22. The zero-order chi connectivity index (χ0) is 13.1. The van der Waals surface area contributed by atoms with Crippen molar-refractivity contribution in [1.29, 1.82) is 0 Å². The molecule has 1 aliphatic rings. The standard InChI is InChI=1S/C17H13NO/c19-17-15(14-10-4-5-12-16(14)18-17)11-6-9-13-7-2-1-3-8-13/h1-12H,(H,18,19)/b9-6+,15-11+. The second-order valence-corrected chi connectivity index (χ2v) is 4.35. The summed E-state index contributed by atoms with van der Waals surface area (Å²) in [4.78, 5) is 11.9. The minimum Gasteiger partial charge on any atom is -0.321 e. The van der Waals surface area contributed by atoms with Crippen LogP contribution in [0, 0.1) is 0 Å². The Morgan fingerprint density at radius 1 is 0.895 bits per heavy atom. The molecule has 1 heterocycles. The number of fused-ring (bicyclic) bond motifs is 1. The molecule has 0 aromatic heterocycles. The van der Waals surface area contributed by atoms with Gasteiger partial charge >= 0.3 is 0 Å². The smallest absolute Gasteiger partial charge is 0.256 e. The van der Waals surface area contributed by atoms with Crippen LogP contribution >= 0.6 is 0 Å². The van der Waals surface area contributed by atoms with Crippen molar-refractivity contribution in [2.45, 2.75) is 0 Å². The van der Waals surface area contributed by atoms with Crippen LogP contribution in [-0.2, 0) is 4.79 Å². The Balaban J connectivity index is 1.89. The van der Waals surface area contributed by atoms with Crippen LogP contribution in [0.5, 0.6) is 0 Å². The van der Waals surface area contributed by atoms with Crippen molar-refractivity contribution in [1.82, 2.24) is 0 Å². The van der Waals surface area contributed by atoms with Crippen molar-refractivity contribution in [3.63, 3.8) is 0 Å². The molecule has 2 nitrogen and oxygen atoms in total. The monoisotopic (exact) mass is 247 g/mol. The number of hydrogen-bond acceptors (Lipinski definition) is 1. The fourth-order valence-corrected chi connectivity index (χ4v) is 2.12. The fourth-order valence-electron chi connectivity index (χ4n) is 2.12. The molecule has 0 radical (unpaired) electrons. The van der Waals surface area contributed by atoms with E-state index in [1.165, 1.54) is 0 Å². The normalized spacial score (nSPS) is 15.8. The zero-order valence-electron chi connectivity index (χ0n) is 10.3. The van der Waals surface area contributed by atoms with Gasteiger partial charge in [-0.15, -0.1) is 0 Å². The zero-order valence-corrected chi connectivity index (χ0v) is 10.3. The van der Waals surface area contributed by atoms with E-state index in [4.69, 9.17) is 0 Å². The van der Waals surface area contributed by atoms with Gasteiger partial charge in [-0.3, -0.25) is 4.79 Å². The number of para-hydroxylation sites is 1. The number of anilines is 1. The lowest BCUT2D eigenvalue weighted by atomic mass is 10.1. The maximum atomic E-state index is 11.9. The topological polar surface area (TPSA) is 29.1 Å². The largest absolute Gasteiger partial charge is 0.321 e. The van der Waals surface area contributed by atoms with Gasteiger partial charge in [0.25, 0.3) is 5.91 Å². The van der Waals surface area contributed by atoms with Crippen LogP contribution < -0.4 is 5.32 Å². The van der Waals surface area contributed by atoms with Gasteiger partial charge in [0.05, 0.1) is 0 Å². The molecule has 0 aliphatic carbocycles. The van der Waals surface area contributed by atoms with E-state index < -0.39 is 0 Å². The SMILES string of the molecule is O=C1Nc2ccccc2/C1=C\C=C\c1ccccc1. The number of allylic oxidation sites excluding steroid dienone is 2. The Morgan fingerprint density at radius 2 is 1.63 bits per heavy atom. The summed E-state index contributed by atoms with van der Waals surface area (Å²) in [5.74, 6) is -0.0427. The fraction of sp³-hybridized carbons (Fsp3) is 0. The van der Waals surface area contributed by atoms with Crippen LogP contribution in [0.2, 0.25) is 0 Å². The van der Waals surface area contributed by atoms with Crippen molar-refractivity contribution in [3.8, 4) is 0 Å². The summed E-state index contributed by atoms with van der Waals surface area (Å²) in [6.07, 6.45) is 5.75. The van der Waals surface area contributed by atoms with E-state index in [1.54, 1.807) is 0 Å². The van der Waals surface area contributed by atoms with E-state index in [-0.39, 0.29) is 5.91 Å². The Kier molecular flexibility index (Phi) is 2.99. The first-order chi connectivity index (χ1) is 9.34. The van der Waals surface area contributed by atoms with Gasteiger partial charge in [-0.2, -0.15) is 0 Å². The first-order valence-electron chi connectivity index (χ1n) is 6.19. The number of hydrogen-bond donors (Lipinski definition) is 1. The van der Waals surface area contributed by atoms with Crippen LogP contribution in [0.1, 0.15) is 11.1 Å². The van der Waals surface area contributed by atoms with E-state index in [2.05, 4.69) is 5.32 Å². The van der Waals surface area contributed by atoms with Crippen LogP contribution in [0.15, 0.2) is 66.7 Å². The average molecular weight is 247 g/mol. The van der Waals surface area contributed by atoms with Crippen molar-refractivity contribution < 1.29 is 4.79 Å². The molecule has 1 N–H and O–H groups in total. The summed E-state index contributed by atoms with van der Waals surface area (Å²) < 4.78 is 0. The number of rotatable bonds is 2. The summed E-state index contributed by atoms with van der Waals surface area (Å²) in [5.41, 5.74) is 3.67. The molecule has 0 spiro atoms. The molecule has 2 aromatic carbocycles. The van der Waals surface area contributed by atoms with Gasteiger partial charge in [0, 0.05) is 16.8 Å². The lowest BCUT2D eigenvalue weighted by Crippen LogP contribution is -2.03. The van der Waals surface area contributed by atoms with Crippen LogP contribution in [0.25, 0.3) is 11.6 Å². The van der Waals surface area contributed by atoms with Gasteiger partial charge in [-0.25, -0.2) is 0 Å². The summed E-state index contributed by atoms with van der Waals surface area (Å²) >= 11 is 0. The molecule has 0 bridgehead atoms. The molecule has 2 heteroatoms. The van der Waals surface area contributed by atoms with Crippen molar-refractivity contribution >= 4 is 23.2 Å². The highest BCUT2D eigenvalue weighted by Crippen LogP contribution is 2.31. The van der Waals surface area contributed by atoms with Gasteiger partial charge in [0.15, 0.2) is 0 Å². The third-order valence-electron chi connectivity index (χ3n) is 3.06. The van der Waals surface area contributed by atoms with E-state index in [9.17, 15) is 4.79 Å². The average Bonchev–Trinajstić information content (AvgIpc) is 2.76. The van der Waals surface area contributed by atoms with E-state index in [1.807, 2.05) is 72.8 Å². The lowest BCUT2D eigenvalue weighted by molar-refractivity contribution is -0.110. The highest BCUT2D eigenvalue weighted by atomic mass is 16.1. The molecule has 92 valence electrons. The van der Waals surface area contributed by atoms with Gasteiger partial charge in [0.1, 0.15) is 0 Å². The molecule has 2 aromatic rings. The van der Waals surface area contributed by atoms with Gasteiger partial charge in [-0.1, -0.05) is 60.7 Å². The molecule has 19 heavy (non-hydrogen) atoms. The molecule has 0 atom stereocenters. The lowest BCUT2D eigenvalue weighted by Gasteiger charge is -1.95. The van der Waals surface area contributed by atoms with Crippen LogP contribution in [-0.4, -0.2) is 5.91 Å². The Morgan fingerprint density at radius 3 is 2.47 bits per heavy atom. The maximum Gasteiger partial charge on any atom is 0.256 e. The number of benzene rings is 2. The van der Waals surface area contributed by atoms with E-state index in [0.717, 1.165) is 16.8 Å². The van der Waals surface area contributed by atoms with Crippen LogP contribution in [0.4, 0.5) is 5.69 Å². The van der Waals surface area contributed by atoms with E-state index >= 15 is 0 Å². The molecule has 0 saturated carbocycles. The summed E-state index contributed by atoms with van der Waals surface area (Å²) in [5, 5.41) is 2.86. The summed E-state index contributed by atoms with van der Waals surface area (Å²) in [6, 6.07) is 17.7. The number of nitrogens with one attached hydrogen (secondary N) is 1. The molecule has 0 unspecified atom stereocenters. The number of carbonyl (C=O) groups excluding carboxylic acids is 1. The summed E-state index contributed by atoms with van der Waals surface area (Å²) in [7, 11) is 0. The quantitative estimate of drug-likeness (QED) is 0.805. The van der Waals surface area contributed by atoms with E-state index in [0.29, 0.717) is 5.57 Å². The second-order valence-electron chi connectivity index (χ2n) is 4.35. The van der Waals surface area contributed by atoms with Gasteiger partial charge in [0.2, 0.25) is 0 Å². The second kappa shape index (κ2) is 4.94. The van der Waals surface area contributed by atoms with Crippen molar-refractivity contribution in [2.75, 3.05) is 5.32 Å².